The molecule has 2 aromatic rings. The van der Waals surface area contributed by atoms with Crippen molar-refractivity contribution in [3.05, 3.63) is 64.7 Å². The van der Waals surface area contributed by atoms with E-state index in [-0.39, 0.29) is 11.8 Å². The molecule has 0 heterocycles. The highest BCUT2D eigenvalue weighted by Crippen LogP contribution is 2.39. The monoisotopic (exact) mass is 390 g/mol. The van der Waals surface area contributed by atoms with Crippen molar-refractivity contribution in [2.45, 2.75) is 39.0 Å². The Morgan fingerprint density at radius 1 is 1.14 bits per heavy atom. The van der Waals surface area contributed by atoms with E-state index in [0.717, 1.165) is 31.2 Å². The van der Waals surface area contributed by atoms with Gasteiger partial charge in [0.05, 0.1) is 10.6 Å². The third kappa shape index (κ3) is 4.56. The number of carbonyl (C=O) groups is 1. The number of hydrogen-bond donors (Lipinski definition) is 1. The predicted molar refractivity (Wildman–Crippen MR) is 113 cm³/mol. The molecule has 1 atom stereocenters. The van der Waals surface area contributed by atoms with Crippen LogP contribution in [0.4, 0.5) is 5.69 Å². The van der Waals surface area contributed by atoms with Gasteiger partial charge in [0.15, 0.2) is 0 Å². The Bertz CT molecular complexity index is 946. The van der Waals surface area contributed by atoms with Crippen molar-refractivity contribution < 1.29 is 4.79 Å². The van der Waals surface area contributed by atoms with Crippen molar-refractivity contribution in [3.63, 3.8) is 0 Å². The fourth-order valence-electron chi connectivity index (χ4n) is 3.69. The normalized spacial score (nSPS) is 16.2. The lowest BCUT2D eigenvalue weighted by atomic mass is 9.69. The number of anilines is 1. The van der Waals surface area contributed by atoms with Crippen LogP contribution in [0.15, 0.2) is 48.5 Å². The molecule has 0 saturated heterocycles. The molecule has 28 heavy (non-hydrogen) atoms. The maximum atomic E-state index is 13.3. The second-order valence-corrected chi connectivity index (χ2v) is 7.82. The Hall–Kier alpha value is -2.75. The molecule has 0 spiro atoms. The zero-order valence-electron chi connectivity index (χ0n) is 16.0. The minimum atomic E-state index is -0.795. The molecular weight excluding hydrogens is 368 g/mol. The van der Waals surface area contributed by atoms with Crippen molar-refractivity contribution in [1.29, 1.82) is 5.26 Å². The van der Waals surface area contributed by atoms with E-state index in [0.29, 0.717) is 16.3 Å². The van der Waals surface area contributed by atoms with Crippen LogP contribution in [-0.2, 0) is 4.79 Å². The Labute approximate surface area is 171 Å². The second-order valence-electron chi connectivity index (χ2n) is 7.41. The van der Waals surface area contributed by atoms with Gasteiger partial charge in [-0.3, -0.25) is 4.79 Å². The van der Waals surface area contributed by atoms with Crippen LogP contribution in [0.5, 0.6) is 0 Å². The highest BCUT2D eigenvalue weighted by atomic mass is 35.5. The number of benzene rings is 2. The van der Waals surface area contributed by atoms with Crippen molar-refractivity contribution in [1.82, 2.24) is 0 Å². The number of hydrogen-bond acceptors (Lipinski definition) is 2. The SMILES string of the molecule is CC(C#Cc1ccccc1)(C(=O)Nc1ccc(C#N)c(Cl)c1)C1CCCCC1. The van der Waals surface area contributed by atoms with Crippen LogP contribution >= 0.6 is 11.6 Å². The maximum absolute atomic E-state index is 13.3. The van der Waals surface area contributed by atoms with Gasteiger partial charge in [-0.15, -0.1) is 0 Å². The first-order chi connectivity index (χ1) is 13.5. The van der Waals surface area contributed by atoms with Gasteiger partial charge in [-0.25, -0.2) is 0 Å². The van der Waals surface area contributed by atoms with Crippen LogP contribution in [0.1, 0.15) is 50.2 Å². The summed E-state index contributed by atoms with van der Waals surface area (Å²) in [5.74, 6) is 6.58. The first-order valence-electron chi connectivity index (χ1n) is 9.62. The van der Waals surface area contributed by atoms with E-state index in [1.165, 1.54) is 6.42 Å². The highest BCUT2D eigenvalue weighted by Gasteiger charge is 2.40. The van der Waals surface area contributed by atoms with Gasteiger partial charge >= 0.3 is 0 Å². The van der Waals surface area contributed by atoms with Gasteiger partial charge in [0, 0.05) is 11.3 Å². The molecule has 2 aromatic carbocycles. The molecule has 4 heteroatoms. The highest BCUT2D eigenvalue weighted by molar-refractivity contribution is 6.32. The number of nitrogens with zero attached hydrogens (tertiary/aromatic N) is 1. The fraction of sp³-hybridized carbons (Fsp3) is 0.333. The van der Waals surface area contributed by atoms with Crippen LogP contribution < -0.4 is 5.32 Å². The molecule has 1 saturated carbocycles. The largest absolute Gasteiger partial charge is 0.325 e. The van der Waals surface area contributed by atoms with E-state index in [4.69, 9.17) is 16.9 Å². The standard InChI is InChI=1S/C24H23ClN2O/c1-24(20-10-6-3-7-11-20,15-14-18-8-4-2-5-9-18)23(28)27-21-13-12-19(17-26)22(25)16-21/h2,4-5,8-9,12-13,16,20H,3,6-7,10-11H2,1H3,(H,27,28). The summed E-state index contributed by atoms with van der Waals surface area (Å²) in [6, 6.07) is 16.7. The first-order valence-corrected chi connectivity index (χ1v) is 10.00. The molecule has 1 N–H and O–H groups in total. The summed E-state index contributed by atoms with van der Waals surface area (Å²) in [5, 5.41) is 12.3. The molecule has 1 amide bonds. The van der Waals surface area contributed by atoms with Crippen molar-refractivity contribution in [3.8, 4) is 17.9 Å². The minimum absolute atomic E-state index is 0.122. The first kappa shape index (κ1) is 20.0. The average molecular weight is 391 g/mol. The van der Waals surface area contributed by atoms with Gasteiger partial charge in [-0.1, -0.05) is 60.9 Å². The van der Waals surface area contributed by atoms with E-state index < -0.39 is 5.41 Å². The third-order valence-corrected chi connectivity index (χ3v) is 5.79. The van der Waals surface area contributed by atoms with Gasteiger partial charge in [-0.05, 0) is 56.0 Å². The number of rotatable bonds is 3. The fourth-order valence-corrected chi connectivity index (χ4v) is 3.91. The van der Waals surface area contributed by atoms with Crippen molar-refractivity contribution in [2.24, 2.45) is 11.3 Å². The molecular formula is C24H23ClN2O. The van der Waals surface area contributed by atoms with Gasteiger partial charge in [-0.2, -0.15) is 5.26 Å². The molecule has 0 aliphatic heterocycles. The molecule has 1 aliphatic carbocycles. The molecule has 1 fully saturated rings. The Kier molecular flexibility index (Phi) is 6.40. The Morgan fingerprint density at radius 3 is 2.50 bits per heavy atom. The van der Waals surface area contributed by atoms with Gasteiger partial charge in [0.1, 0.15) is 11.5 Å². The number of halogens is 1. The summed E-state index contributed by atoms with van der Waals surface area (Å²) >= 11 is 6.12. The van der Waals surface area contributed by atoms with Crippen LogP contribution in [-0.4, -0.2) is 5.91 Å². The minimum Gasteiger partial charge on any atom is -0.325 e. The number of carbonyl (C=O) groups excluding carboxylic acids is 1. The van der Waals surface area contributed by atoms with E-state index in [2.05, 4.69) is 17.2 Å². The molecule has 0 bridgehead atoms. The number of amides is 1. The summed E-state index contributed by atoms with van der Waals surface area (Å²) < 4.78 is 0. The summed E-state index contributed by atoms with van der Waals surface area (Å²) in [6.07, 6.45) is 5.47. The lowest BCUT2D eigenvalue weighted by molar-refractivity contribution is -0.124. The van der Waals surface area contributed by atoms with Crippen LogP contribution in [0, 0.1) is 34.5 Å². The van der Waals surface area contributed by atoms with Crippen LogP contribution in [0.3, 0.4) is 0 Å². The Morgan fingerprint density at radius 2 is 1.86 bits per heavy atom. The molecule has 0 aromatic heterocycles. The van der Waals surface area contributed by atoms with Gasteiger partial charge in [0.25, 0.3) is 0 Å². The van der Waals surface area contributed by atoms with Crippen molar-refractivity contribution in [2.75, 3.05) is 5.32 Å². The lowest BCUT2D eigenvalue weighted by Crippen LogP contribution is -2.40. The zero-order chi connectivity index (χ0) is 20.0. The summed E-state index contributed by atoms with van der Waals surface area (Å²) in [5.41, 5.74) is 1.08. The maximum Gasteiger partial charge on any atom is 0.242 e. The number of nitrogens with one attached hydrogen (secondary N) is 1. The van der Waals surface area contributed by atoms with E-state index in [1.807, 2.05) is 43.3 Å². The molecule has 3 rings (SSSR count). The van der Waals surface area contributed by atoms with Crippen molar-refractivity contribution >= 4 is 23.2 Å². The molecule has 0 radical (unpaired) electrons. The molecule has 3 nitrogen and oxygen atoms in total. The summed E-state index contributed by atoms with van der Waals surface area (Å²) in [4.78, 5) is 13.3. The topological polar surface area (TPSA) is 52.9 Å². The predicted octanol–water partition coefficient (Wildman–Crippen LogP) is 5.79. The molecule has 142 valence electrons. The van der Waals surface area contributed by atoms with Gasteiger partial charge in [0.2, 0.25) is 5.91 Å². The number of nitriles is 1. The molecule has 1 aliphatic rings. The third-order valence-electron chi connectivity index (χ3n) is 5.48. The molecule has 1 unspecified atom stereocenters. The van der Waals surface area contributed by atoms with E-state index in [9.17, 15) is 4.79 Å². The van der Waals surface area contributed by atoms with E-state index in [1.54, 1.807) is 18.2 Å². The zero-order valence-corrected chi connectivity index (χ0v) is 16.7. The Balaban J connectivity index is 1.89. The van der Waals surface area contributed by atoms with Gasteiger partial charge < -0.3 is 5.32 Å². The summed E-state index contributed by atoms with van der Waals surface area (Å²) in [7, 11) is 0. The average Bonchev–Trinajstić information content (AvgIpc) is 2.73. The van der Waals surface area contributed by atoms with Crippen LogP contribution in [0.25, 0.3) is 0 Å². The quantitative estimate of drug-likeness (QED) is 0.674. The summed E-state index contributed by atoms with van der Waals surface area (Å²) in [6.45, 7) is 1.94. The lowest BCUT2D eigenvalue weighted by Gasteiger charge is -2.34. The second kappa shape index (κ2) is 8.96. The smallest absolute Gasteiger partial charge is 0.242 e. The van der Waals surface area contributed by atoms with Crippen LogP contribution in [0.2, 0.25) is 5.02 Å². The van der Waals surface area contributed by atoms with E-state index >= 15 is 0 Å².